The highest BCUT2D eigenvalue weighted by Gasteiger charge is 2.27. The molecule has 8 heteroatoms. The highest BCUT2D eigenvalue weighted by molar-refractivity contribution is 6.31. The van der Waals surface area contributed by atoms with Crippen LogP contribution in [0.15, 0.2) is 42.5 Å². The fraction of sp³-hybridized carbons (Fsp3) is 0.300. The molecule has 0 radical (unpaired) electrons. The number of amides is 3. The second-order valence-corrected chi connectivity index (χ2v) is 7.14. The van der Waals surface area contributed by atoms with Crippen LogP contribution < -0.4 is 10.6 Å². The van der Waals surface area contributed by atoms with Crippen LogP contribution in [0.2, 0.25) is 5.02 Å². The number of halogens is 2. The van der Waals surface area contributed by atoms with Crippen LogP contribution in [-0.4, -0.2) is 35.0 Å². The first kappa shape index (κ1) is 19.9. The van der Waals surface area contributed by atoms with Gasteiger partial charge < -0.3 is 20.6 Å². The standard InChI is InChI=1S/C20H21ClFN3O3/c21-15-4-5-18(26)17(11-15)24-19(27)14-6-8-25(9-7-14)20(28)23-12-13-2-1-3-16(22)10-13/h1-5,10-11,14,26H,6-9,12H2,(H,23,28)(H,24,27). The van der Waals surface area contributed by atoms with Crippen molar-refractivity contribution in [2.75, 3.05) is 18.4 Å². The average molecular weight is 406 g/mol. The Morgan fingerprint density at radius 3 is 2.64 bits per heavy atom. The van der Waals surface area contributed by atoms with Gasteiger partial charge in [-0.2, -0.15) is 0 Å². The maximum Gasteiger partial charge on any atom is 0.317 e. The molecule has 0 spiro atoms. The van der Waals surface area contributed by atoms with Gasteiger partial charge in [-0.25, -0.2) is 9.18 Å². The summed E-state index contributed by atoms with van der Waals surface area (Å²) in [5.41, 5.74) is 0.955. The SMILES string of the molecule is O=C(Nc1cc(Cl)ccc1O)C1CCN(C(=O)NCc2cccc(F)c2)CC1. The van der Waals surface area contributed by atoms with Gasteiger partial charge in [-0.1, -0.05) is 23.7 Å². The lowest BCUT2D eigenvalue weighted by Crippen LogP contribution is -2.45. The summed E-state index contributed by atoms with van der Waals surface area (Å²) in [5, 5.41) is 15.7. The molecule has 3 rings (SSSR count). The molecular weight excluding hydrogens is 385 g/mol. The molecule has 0 atom stereocenters. The third-order valence-corrected chi connectivity index (χ3v) is 4.94. The Bertz CT molecular complexity index is 870. The van der Waals surface area contributed by atoms with Gasteiger partial charge in [0.25, 0.3) is 0 Å². The molecule has 2 aromatic carbocycles. The summed E-state index contributed by atoms with van der Waals surface area (Å²) in [6.45, 7) is 1.12. The number of phenols is 1. The Hall–Kier alpha value is -2.80. The number of hydrogen-bond donors (Lipinski definition) is 3. The van der Waals surface area contributed by atoms with Crippen molar-refractivity contribution in [3.8, 4) is 5.75 Å². The van der Waals surface area contributed by atoms with Gasteiger partial charge >= 0.3 is 6.03 Å². The maximum absolute atomic E-state index is 13.2. The Labute approximate surface area is 167 Å². The van der Waals surface area contributed by atoms with Crippen LogP contribution in [0, 0.1) is 11.7 Å². The quantitative estimate of drug-likeness (QED) is 0.677. The number of carbonyl (C=O) groups excluding carboxylic acids is 2. The van der Waals surface area contributed by atoms with Crippen LogP contribution in [0.3, 0.4) is 0 Å². The maximum atomic E-state index is 13.2. The molecule has 0 aliphatic carbocycles. The van der Waals surface area contributed by atoms with Gasteiger partial charge in [-0.3, -0.25) is 4.79 Å². The fourth-order valence-corrected chi connectivity index (χ4v) is 3.30. The van der Waals surface area contributed by atoms with Crippen LogP contribution in [0.5, 0.6) is 5.75 Å². The third-order valence-electron chi connectivity index (χ3n) is 4.70. The van der Waals surface area contributed by atoms with Crippen molar-refractivity contribution in [1.82, 2.24) is 10.2 Å². The van der Waals surface area contributed by atoms with E-state index in [1.165, 1.54) is 30.3 Å². The van der Waals surface area contributed by atoms with Gasteiger partial charge in [0.15, 0.2) is 0 Å². The van der Waals surface area contributed by atoms with Gasteiger partial charge in [-0.15, -0.1) is 0 Å². The second kappa shape index (κ2) is 8.93. The summed E-state index contributed by atoms with van der Waals surface area (Å²) in [6, 6.07) is 10.3. The second-order valence-electron chi connectivity index (χ2n) is 6.70. The molecule has 1 fully saturated rings. The van der Waals surface area contributed by atoms with Crippen molar-refractivity contribution in [3.05, 3.63) is 58.9 Å². The number of carbonyl (C=O) groups is 2. The molecule has 0 bridgehead atoms. The minimum atomic E-state index is -0.343. The molecular formula is C20H21ClFN3O3. The van der Waals surface area contributed by atoms with Gasteiger partial charge in [0.2, 0.25) is 5.91 Å². The van der Waals surface area contributed by atoms with E-state index in [0.717, 1.165) is 0 Å². The van der Waals surface area contributed by atoms with E-state index >= 15 is 0 Å². The Morgan fingerprint density at radius 2 is 1.93 bits per heavy atom. The predicted molar refractivity (Wildman–Crippen MR) is 105 cm³/mol. The molecule has 3 N–H and O–H groups in total. The molecule has 0 unspecified atom stereocenters. The molecule has 28 heavy (non-hydrogen) atoms. The number of nitrogens with one attached hydrogen (secondary N) is 2. The number of aromatic hydroxyl groups is 1. The molecule has 2 aromatic rings. The van der Waals surface area contributed by atoms with Crippen molar-refractivity contribution in [1.29, 1.82) is 0 Å². The minimum absolute atomic E-state index is 0.0492. The summed E-state index contributed by atoms with van der Waals surface area (Å²) in [6.07, 6.45) is 1.03. The van der Waals surface area contributed by atoms with Crippen LogP contribution in [0.1, 0.15) is 18.4 Å². The van der Waals surface area contributed by atoms with Gasteiger partial charge in [-0.05, 0) is 48.7 Å². The number of hydrogen-bond acceptors (Lipinski definition) is 3. The molecule has 1 aliphatic rings. The first-order valence-corrected chi connectivity index (χ1v) is 9.37. The van der Waals surface area contributed by atoms with E-state index in [9.17, 15) is 19.1 Å². The number of anilines is 1. The minimum Gasteiger partial charge on any atom is -0.506 e. The molecule has 1 saturated heterocycles. The molecule has 0 saturated carbocycles. The van der Waals surface area contributed by atoms with Crippen molar-refractivity contribution < 1.29 is 19.1 Å². The van der Waals surface area contributed by atoms with Crippen molar-refractivity contribution in [2.24, 2.45) is 5.92 Å². The molecule has 148 valence electrons. The first-order chi connectivity index (χ1) is 13.4. The van der Waals surface area contributed by atoms with Crippen LogP contribution in [-0.2, 0) is 11.3 Å². The number of nitrogens with zero attached hydrogens (tertiary/aromatic N) is 1. The average Bonchev–Trinajstić information content (AvgIpc) is 2.69. The summed E-state index contributed by atoms with van der Waals surface area (Å²) in [4.78, 5) is 26.3. The monoisotopic (exact) mass is 405 g/mol. The highest BCUT2D eigenvalue weighted by atomic mass is 35.5. The summed E-state index contributed by atoms with van der Waals surface area (Å²) in [7, 11) is 0. The molecule has 3 amide bonds. The number of phenolic OH excluding ortho intramolecular Hbond substituents is 1. The lowest BCUT2D eigenvalue weighted by atomic mass is 9.96. The van der Waals surface area contributed by atoms with E-state index in [0.29, 0.717) is 36.5 Å². The van der Waals surface area contributed by atoms with Gasteiger partial charge in [0, 0.05) is 30.6 Å². The van der Waals surface area contributed by atoms with Crippen molar-refractivity contribution in [3.63, 3.8) is 0 Å². The van der Waals surface area contributed by atoms with Crippen molar-refractivity contribution in [2.45, 2.75) is 19.4 Å². The molecule has 1 aliphatic heterocycles. The number of likely N-dealkylation sites (tertiary alicyclic amines) is 1. The first-order valence-electron chi connectivity index (χ1n) is 8.99. The van der Waals surface area contributed by atoms with Crippen LogP contribution in [0.4, 0.5) is 14.9 Å². The number of rotatable bonds is 4. The Morgan fingerprint density at radius 1 is 1.18 bits per heavy atom. The van der Waals surface area contributed by atoms with Crippen LogP contribution >= 0.6 is 11.6 Å². The largest absolute Gasteiger partial charge is 0.506 e. The Kier molecular flexibility index (Phi) is 6.36. The molecule has 0 aromatic heterocycles. The number of piperidine rings is 1. The van der Waals surface area contributed by atoms with Crippen molar-refractivity contribution >= 4 is 29.2 Å². The third kappa shape index (κ3) is 5.13. The van der Waals surface area contributed by atoms with Crippen LogP contribution in [0.25, 0.3) is 0 Å². The zero-order valence-corrected chi connectivity index (χ0v) is 15.9. The zero-order chi connectivity index (χ0) is 20.1. The van der Waals surface area contributed by atoms with E-state index in [1.807, 2.05) is 0 Å². The van der Waals surface area contributed by atoms with E-state index in [1.54, 1.807) is 17.0 Å². The van der Waals surface area contributed by atoms with E-state index in [4.69, 9.17) is 11.6 Å². The smallest absolute Gasteiger partial charge is 0.317 e. The molecule has 6 nitrogen and oxygen atoms in total. The Balaban J connectivity index is 1.47. The lowest BCUT2D eigenvalue weighted by molar-refractivity contribution is -0.121. The van der Waals surface area contributed by atoms with E-state index in [-0.39, 0.29) is 41.7 Å². The molecule has 1 heterocycles. The van der Waals surface area contributed by atoms with Gasteiger partial charge in [0.05, 0.1) is 5.69 Å². The zero-order valence-electron chi connectivity index (χ0n) is 15.1. The topological polar surface area (TPSA) is 81.7 Å². The van der Waals surface area contributed by atoms with E-state index in [2.05, 4.69) is 10.6 Å². The fourth-order valence-electron chi connectivity index (χ4n) is 3.12. The summed E-state index contributed by atoms with van der Waals surface area (Å²) >= 11 is 5.89. The van der Waals surface area contributed by atoms with Gasteiger partial charge in [0.1, 0.15) is 11.6 Å². The summed E-state index contributed by atoms with van der Waals surface area (Å²) in [5.74, 6) is -0.862. The normalized spacial score (nSPS) is 14.6. The van der Waals surface area contributed by atoms with E-state index < -0.39 is 0 Å². The number of urea groups is 1. The summed E-state index contributed by atoms with van der Waals surface area (Å²) < 4.78 is 13.2. The number of benzene rings is 2. The predicted octanol–water partition coefficient (Wildman–Crippen LogP) is 3.75. The highest BCUT2D eigenvalue weighted by Crippen LogP contribution is 2.28. The lowest BCUT2D eigenvalue weighted by Gasteiger charge is -2.31.